The molecule has 3 nitrogen and oxygen atoms in total. The lowest BCUT2D eigenvalue weighted by molar-refractivity contribution is 0.324. The van der Waals surface area contributed by atoms with Gasteiger partial charge in [-0.2, -0.15) is 0 Å². The van der Waals surface area contributed by atoms with Crippen molar-refractivity contribution in [2.45, 2.75) is 26.3 Å². The fraction of sp³-hybridized carbons (Fsp3) is 0.600. The molecule has 1 aliphatic rings. The molecule has 1 N–H and O–H groups in total. The van der Waals surface area contributed by atoms with Crippen molar-refractivity contribution < 1.29 is 4.74 Å². The first kappa shape index (κ1) is 13.2. The number of benzene rings is 1. The molecule has 0 aliphatic carbocycles. The van der Waals surface area contributed by atoms with Crippen LogP contribution in [0.3, 0.4) is 0 Å². The van der Waals surface area contributed by atoms with E-state index in [4.69, 9.17) is 4.74 Å². The first-order valence-corrected chi connectivity index (χ1v) is 6.87. The number of anilines is 1. The second kappa shape index (κ2) is 6.10. The maximum atomic E-state index is 5.45. The number of hydrogen-bond acceptors (Lipinski definition) is 3. The standard InChI is InChI=1S/C15H24N2O/c1-4-16-13-9-10-17(11-12(13)2)14-7-5-6-8-15(14)18-3/h5-8,12-13,16H,4,9-11H2,1-3H3. The van der Waals surface area contributed by atoms with Crippen LogP contribution in [0, 0.1) is 5.92 Å². The Kier molecular flexibility index (Phi) is 4.48. The Bertz CT molecular complexity index is 381. The Morgan fingerprint density at radius 2 is 2.17 bits per heavy atom. The first-order valence-electron chi connectivity index (χ1n) is 6.87. The van der Waals surface area contributed by atoms with Crippen LogP contribution in [-0.2, 0) is 0 Å². The monoisotopic (exact) mass is 248 g/mol. The predicted octanol–water partition coefficient (Wildman–Crippen LogP) is 2.52. The quantitative estimate of drug-likeness (QED) is 0.886. The highest BCUT2D eigenvalue weighted by Gasteiger charge is 2.26. The molecule has 100 valence electrons. The van der Waals surface area contributed by atoms with Gasteiger partial charge in [0, 0.05) is 19.1 Å². The molecule has 0 spiro atoms. The number of rotatable bonds is 4. The Morgan fingerprint density at radius 3 is 2.83 bits per heavy atom. The summed E-state index contributed by atoms with van der Waals surface area (Å²) in [6.07, 6.45) is 1.20. The number of hydrogen-bond donors (Lipinski definition) is 1. The summed E-state index contributed by atoms with van der Waals surface area (Å²) < 4.78 is 5.45. The Hall–Kier alpha value is -1.22. The normalized spacial score (nSPS) is 24.1. The van der Waals surface area contributed by atoms with E-state index in [1.807, 2.05) is 12.1 Å². The maximum Gasteiger partial charge on any atom is 0.142 e. The average molecular weight is 248 g/mol. The molecule has 0 aromatic heterocycles. The van der Waals surface area contributed by atoms with Crippen LogP contribution in [0.25, 0.3) is 0 Å². The molecule has 2 atom stereocenters. The lowest BCUT2D eigenvalue weighted by Crippen LogP contribution is -2.48. The van der Waals surface area contributed by atoms with Gasteiger partial charge in [0.15, 0.2) is 0 Å². The predicted molar refractivity (Wildman–Crippen MR) is 76.5 cm³/mol. The molecule has 2 rings (SSSR count). The van der Waals surface area contributed by atoms with Crippen molar-refractivity contribution in [3.63, 3.8) is 0 Å². The van der Waals surface area contributed by atoms with Crippen molar-refractivity contribution in [2.75, 3.05) is 31.6 Å². The van der Waals surface area contributed by atoms with Gasteiger partial charge in [0.1, 0.15) is 5.75 Å². The van der Waals surface area contributed by atoms with Crippen LogP contribution < -0.4 is 15.0 Å². The van der Waals surface area contributed by atoms with Crippen molar-refractivity contribution in [1.29, 1.82) is 0 Å². The zero-order valence-electron chi connectivity index (χ0n) is 11.6. The van der Waals surface area contributed by atoms with Crippen molar-refractivity contribution in [3.8, 4) is 5.75 Å². The Labute approximate surface area is 110 Å². The zero-order chi connectivity index (χ0) is 13.0. The molecule has 18 heavy (non-hydrogen) atoms. The van der Waals surface area contributed by atoms with Crippen LogP contribution in [0.5, 0.6) is 5.75 Å². The second-order valence-corrected chi connectivity index (χ2v) is 5.05. The molecule has 1 aromatic carbocycles. The minimum atomic E-state index is 0.654. The van der Waals surface area contributed by atoms with Crippen LogP contribution in [0.1, 0.15) is 20.3 Å². The highest BCUT2D eigenvalue weighted by molar-refractivity contribution is 5.58. The highest BCUT2D eigenvalue weighted by atomic mass is 16.5. The van der Waals surface area contributed by atoms with Crippen molar-refractivity contribution in [1.82, 2.24) is 5.32 Å². The third kappa shape index (κ3) is 2.78. The van der Waals surface area contributed by atoms with E-state index >= 15 is 0 Å². The number of ether oxygens (including phenoxy) is 1. The van der Waals surface area contributed by atoms with Gasteiger partial charge in [0.05, 0.1) is 12.8 Å². The summed E-state index contributed by atoms with van der Waals surface area (Å²) in [5.41, 5.74) is 1.22. The molecule has 1 aromatic rings. The molecule has 0 radical (unpaired) electrons. The molecule has 1 aliphatic heterocycles. The number of nitrogens with one attached hydrogen (secondary N) is 1. The topological polar surface area (TPSA) is 24.5 Å². The number of para-hydroxylation sites is 2. The second-order valence-electron chi connectivity index (χ2n) is 5.05. The number of nitrogens with zero attached hydrogens (tertiary/aromatic N) is 1. The van der Waals surface area contributed by atoms with Gasteiger partial charge in [-0.05, 0) is 31.0 Å². The summed E-state index contributed by atoms with van der Waals surface area (Å²) in [4.78, 5) is 2.44. The average Bonchev–Trinajstić information content (AvgIpc) is 2.41. The van der Waals surface area contributed by atoms with Crippen molar-refractivity contribution in [3.05, 3.63) is 24.3 Å². The molecule has 0 saturated carbocycles. The van der Waals surface area contributed by atoms with E-state index in [0.717, 1.165) is 25.4 Å². The van der Waals surface area contributed by atoms with Gasteiger partial charge in [-0.15, -0.1) is 0 Å². The Morgan fingerprint density at radius 1 is 1.39 bits per heavy atom. The van der Waals surface area contributed by atoms with Crippen LogP contribution in [0.15, 0.2) is 24.3 Å². The number of piperidine rings is 1. The van der Waals surface area contributed by atoms with Crippen LogP contribution in [0.4, 0.5) is 5.69 Å². The van der Waals surface area contributed by atoms with Crippen molar-refractivity contribution >= 4 is 5.69 Å². The van der Waals surface area contributed by atoms with Gasteiger partial charge in [0.2, 0.25) is 0 Å². The van der Waals surface area contributed by atoms with E-state index in [9.17, 15) is 0 Å². The molecular formula is C15H24N2O. The van der Waals surface area contributed by atoms with E-state index in [-0.39, 0.29) is 0 Å². The van der Waals surface area contributed by atoms with E-state index in [1.165, 1.54) is 12.1 Å². The molecular weight excluding hydrogens is 224 g/mol. The Balaban J connectivity index is 2.07. The summed E-state index contributed by atoms with van der Waals surface area (Å²) in [7, 11) is 1.74. The summed E-state index contributed by atoms with van der Waals surface area (Å²) in [6, 6.07) is 8.95. The van der Waals surface area contributed by atoms with Gasteiger partial charge in [0.25, 0.3) is 0 Å². The lowest BCUT2D eigenvalue weighted by Gasteiger charge is -2.39. The van der Waals surface area contributed by atoms with E-state index in [0.29, 0.717) is 12.0 Å². The highest BCUT2D eigenvalue weighted by Crippen LogP contribution is 2.31. The summed E-state index contributed by atoms with van der Waals surface area (Å²) in [5, 5.41) is 3.58. The third-order valence-electron chi connectivity index (χ3n) is 3.80. The molecule has 2 unspecified atom stereocenters. The van der Waals surface area contributed by atoms with E-state index in [2.05, 4.69) is 36.2 Å². The van der Waals surface area contributed by atoms with Crippen molar-refractivity contribution in [2.24, 2.45) is 5.92 Å². The fourth-order valence-corrected chi connectivity index (χ4v) is 2.82. The van der Waals surface area contributed by atoms with E-state index < -0.39 is 0 Å². The third-order valence-corrected chi connectivity index (χ3v) is 3.80. The van der Waals surface area contributed by atoms with Gasteiger partial charge in [-0.1, -0.05) is 26.0 Å². The summed E-state index contributed by atoms with van der Waals surface area (Å²) in [6.45, 7) is 7.76. The summed E-state index contributed by atoms with van der Waals surface area (Å²) in [5.74, 6) is 1.65. The molecule has 1 saturated heterocycles. The minimum Gasteiger partial charge on any atom is -0.495 e. The summed E-state index contributed by atoms with van der Waals surface area (Å²) >= 11 is 0. The van der Waals surface area contributed by atoms with E-state index in [1.54, 1.807) is 7.11 Å². The molecule has 3 heteroatoms. The minimum absolute atomic E-state index is 0.654. The fourth-order valence-electron chi connectivity index (χ4n) is 2.82. The number of methoxy groups -OCH3 is 1. The van der Waals surface area contributed by atoms with Crippen LogP contribution in [-0.4, -0.2) is 32.8 Å². The van der Waals surface area contributed by atoms with Gasteiger partial charge >= 0.3 is 0 Å². The molecule has 0 bridgehead atoms. The molecule has 1 fully saturated rings. The first-order chi connectivity index (χ1) is 8.76. The molecule has 0 amide bonds. The zero-order valence-corrected chi connectivity index (χ0v) is 11.6. The molecule has 1 heterocycles. The van der Waals surface area contributed by atoms with Crippen LogP contribution >= 0.6 is 0 Å². The van der Waals surface area contributed by atoms with Gasteiger partial charge in [-0.3, -0.25) is 0 Å². The van der Waals surface area contributed by atoms with Crippen LogP contribution in [0.2, 0.25) is 0 Å². The lowest BCUT2D eigenvalue weighted by atomic mass is 9.93. The van der Waals surface area contributed by atoms with Gasteiger partial charge < -0.3 is 15.0 Å². The largest absolute Gasteiger partial charge is 0.495 e. The van der Waals surface area contributed by atoms with Gasteiger partial charge in [-0.25, -0.2) is 0 Å². The smallest absolute Gasteiger partial charge is 0.142 e. The SMILES string of the molecule is CCNC1CCN(c2ccccc2OC)CC1C. The maximum absolute atomic E-state index is 5.45.